The van der Waals surface area contributed by atoms with Crippen LogP contribution >= 0.6 is 22.5 Å². The van der Waals surface area contributed by atoms with Crippen LogP contribution in [0, 0.1) is 0 Å². The molecule has 0 bridgehead atoms. The quantitative estimate of drug-likeness (QED) is 0.649. The van der Waals surface area contributed by atoms with Crippen molar-refractivity contribution in [2.24, 2.45) is 0 Å². The molecule has 2 rings (SSSR count). The molecule has 1 aromatic carbocycles. The predicted molar refractivity (Wildman–Crippen MR) is 80.7 cm³/mol. The van der Waals surface area contributed by atoms with Crippen LogP contribution in [0.3, 0.4) is 0 Å². The van der Waals surface area contributed by atoms with Gasteiger partial charge in [-0.15, -0.1) is 11.7 Å². The zero-order chi connectivity index (χ0) is 12.4. The van der Waals surface area contributed by atoms with Crippen LogP contribution < -0.4 is 0 Å². The summed E-state index contributed by atoms with van der Waals surface area (Å²) in [6.07, 6.45) is 1.18. The minimum atomic E-state index is 0.492. The average molecular weight is 267 g/mol. The van der Waals surface area contributed by atoms with Crippen LogP contribution in [-0.4, -0.2) is 16.8 Å². The van der Waals surface area contributed by atoms with Crippen molar-refractivity contribution < 1.29 is 0 Å². The van der Waals surface area contributed by atoms with Gasteiger partial charge < -0.3 is 0 Å². The van der Waals surface area contributed by atoms with Crippen LogP contribution in [0.5, 0.6) is 0 Å². The third-order valence-corrected chi connectivity index (χ3v) is 5.15. The third kappa shape index (κ3) is 2.83. The van der Waals surface area contributed by atoms with E-state index in [1.807, 2.05) is 0 Å². The van der Waals surface area contributed by atoms with Gasteiger partial charge in [0, 0.05) is 13.1 Å². The minimum absolute atomic E-state index is 0.492. The summed E-state index contributed by atoms with van der Waals surface area (Å²) >= 11 is 4.34. The maximum Gasteiger partial charge on any atom is 0.0633 e. The second-order valence-corrected chi connectivity index (χ2v) is 6.59. The zero-order valence-electron chi connectivity index (χ0n) is 10.8. The molecule has 0 radical (unpaired) electrons. The summed E-state index contributed by atoms with van der Waals surface area (Å²) in [5.41, 5.74) is 4.62. The van der Waals surface area contributed by atoms with Crippen LogP contribution in [0.1, 0.15) is 43.4 Å². The number of rotatable bonds is 3. The lowest BCUT2D eigenvalue weighted by Gasteiger charge is -2.34. The van der Waals surface area contributed by atoms with E-state index in [9.17, 15) is 0 Å². The number of fused-ring (bicyclic) bond motifs is 1. The highest BCUT2D eigenvalue weighted by Gasteiger charge is 2.22. The van der Waals surface area contributed by atoms with Gasteiger partial charge in [0.2, 0.25) is 0 Å². The van der Waals surface area contributed by atoms with Gasteiger partial charge in [-0.3, -0.25) is 4.90 Å². The lowest BCUT2D eigenvalue weighted by molar-refractivity contribution is 0.247. The lowest BCUT2D eigenvalue weighted by Crippen LogP contribution is -2.36. The molecule has 0 fully saturated rings. The van der Waals surface area contributed by atoms with Crippen molar-refractivity contribution in [2.75, 3.05) is 6.54 Å². The molecule has 0 N–H and O–H groups in total. The van der Waals surface area contributed by atoms with Crippen LogP contribution in [0.4, 0.5) is 0 Å². The van der Waals surface area contributed by atoms with Crippen LogP contribution in [0.2, 0.25) is 0 Å². The van der Waals surface area contributed by atoms with Crippen molar-refractivity contribution in [3.05, 3.63) is 34.9 Å². The Kier molecular flexibility index (Phi) is 4.45. The maximum absolute atomic E-state index is 4.34. The molecule has 94 valence electrons. The summed E-state index contributed by atoms with van der Waals surface area (Å²) in [5.74, 6) is 0.615. The molecule has 1 aromatic rings. The summed E-state index contributed by atoms with van der Waals surface area (Å²) in [7, 11) is 1.64. The summed E-state index contributed by atoms with van der Waals surface area (Å²) in [6.45, 7) is 9.04. The molecule has 0 amide bonds. The van der Waals surface area contributed by atoms with E-state index in [-0.39, 0.29) is 0 Å². The normalized spacial score (nSPS) is 18.2. The molecule has 1 unspecified atom stereocenters. The largest absolute Gasteiger partial charge is 0.286 e. The van der Waals surface area contributed by atoms with Gasteiger partial charge in [-0.1, -0.05) is 42.8 Å². The fraction of sp³-hybridized carbons (Fsp3) is 0.571. The Morgan fingerprint density at radius 3 is 2.71 bits per heavy atom. The monoisotopic (exact) mass is 267 g/mol. The second-order valence-electron chi connectivity index (χ2n) is 5.06. The van der Waals surface area contributed by atoms with Gasteiger partial charge in [0.1, 0.15) is 0 Å². The van der Waals surface area contributed by atoms with Crippen molar-refractivity contribution in [3.8, 4) is 0 Å². The van der Waals surface area contributed by atoms with Crippen LogP contribution in [0.25, 0.3) is 0 Å². The van der Waals surface area contributed by atoms with E-state index in [0.29, 0.717) is 11.3 Å². The molecule has 0 saturated carbocycles. The fourth-order valence-corrected chi connectivity index (χ4v) is 3.26. The Bertz CT molecular complexity index is 390. The van der Waals surface area contributed by atoms with Gasteiger partial charge in [-0.25, -0.2) is 0 Å². The van der Waals surface area contributed by atoms with Crippen molar-refractivity contribution in [3.63, 3.8) is 0 Å². The van der Waals surface area contributed by atoms with Crippen molar-refractivity contribution in [1.82, 2.24) is 4.90 Å². The molecule has 1 nitrogen and oxygen atoms in total. The maximum atomic E-state index is 4.34. The molecule has 0 spiro atoms. The number of hydrogen-bond donors (Lipinski definition) is 1. The van der Waals surface area contributed by atoms with E-state index in [2.05, 4.69) is 55.5 Å². The number of hydrogen-bond acceptors (Lipinski definition) is 3. The number of thiol groups is 1. The first-order valence-corrected chi connectivity index (χ1v) is 8.21. The van der Waals surface area contributed by atoms with Gasteiger partial charge >= 0.3 is 0 Å². The van der Waals surface area contributed by atoms with Gasteiger partial charge in [0.05, 0.1) is 5.37 Å². The zero-order valence-corrected chi connectivity index (χ0v) is 12.5. The molecule has 0 saturated heterocycles. The highest BCUT2D eigenvalue weighted by atomic mass is 33.1. The molecule has 1 heterocycles. The highest BCUT2D eigenvalue weighted by molar-refractivity contribution is 8.68. The minimum Gasteiger partial charge on any atom is -0.286 e. The Balaban J connectivity index is 2.29. The molecule has 1 atom stereocenters. The fourth-order valence-electron chi connectivity index (χ4n) is 2.55. The molecule has 1 aliphatic heterocycles. The molecule has 17 heavy (non-hydrogen) atoms. The smallest absolute Gasteiger partial charge is 0.0633 e. The van der Waals surface area contributed by atoms with E-state index < -0.39 is 0 Å². The van der Waals surface area contributed by atoms with Crippen LogP contribution in [0.15, 0.2) is 18.2 Å². The Morgan fingerprint density at radius 1 is 1.29 bits per heavy atom. The van der Waals surface area contributed by atoms with E-state index in [4.69, 9.17) is 0 Å². The van der Waals surface area contributed by atoms with Gasteiger partial charge in [-0.2, -0.15) is 0 Å². The van der Waals surface area contributed by atoms with Gasteiger partial charge in [-0.05, 0) is 36.0 Å². The van der Waals surface area contributed by atoms with E-state index in [1.54, 1.807) is 21.9 Å². The predicted octanol–water partition coefficient (Wildman–Crippen LogP) is 4.09. The molecular formula is C14H21NS2. The van der Waals surface area contributed by atoms with Crippen molar-refractivity contribution in [1.29, 1.82) is 0 Å². The summed E-state index contributed by atoms with van der Waals surface area (Å²) < 4.78 is 0. The average Bonchev–Trinajstić information content (AvgIpc) is 2.36. The number of benzene rings is 1. The topological polar surface area (TPSA) is 3.24 Å². The van der Waals surface area contributed by atoms with Crippen LogP contribution in [-0.2, 0) is 13.0 Å². The standard InChI is InChI=1S/C14H21NS2/c1-10(2)13-6-4-5-12-7-8-15(9-14(12)13)11(3)17-16/h4-6,10-11,16H,7-9H2,1-3H3. The van der Waals surface area contributed by atoms with Gasteiger partial charge in [0.15, 0.2) is 0 Å². The van der Waals surface area contributed by atoms with Gasteiger partial charge in [0.25, 0.3) is 0 Å². The molecule has 3 heteroatoms. The first-order valence-electron chi connectivity index (χ1n) is 6.28. The highest BCUT2D eigenvalue weighted by Crippen LogP contribution is 2.30. The molecular weight excluding hydrogens is 246 g/mol. The third-order valence-electron chi connectivity index (χ3n) is 3.63. The second kappa shape index (κ2) is 5.68. The Labute approximate surface area is 114 Å². The Morgan fingerprint density at radius 2 is 2.06 bits per heavy atom. The molecule has 1 aliphatic rings. The van der Waals surface area contributed by atoms with E-state index in [0.717, 1.165) is 13.1 Å². The van der Waals surface area contributed by atoms with Crippen molar-refractivity contribution >= 4 is 22.5 Å². The first kappa shape index (κ1) is 13.3. The Hall–Kier alpha value is -0.120. The van der Waals surface area contributed by atoms with E-state index >= 15 is 0 Å². The first-order chi connectivity index (χ1) is 8.13. The molecule has 0 aromatic heterocycles. The van der Waals surface area contributed by atoms with Crippen molar-refractivity contribution in [2.45, 2.75) is 45.0 Å². The lowest BCUT2D eigenvalue weighted by atomic mass is 9.89. The SMILES string of the molecule is CC(C)c1cccc2c1CN(C(C)SS)CC2. The number of nitrogens with zero attached hydrogens (tertiary/aromatic N) is 1. The molecule has 0 aliphatic carbocycles. The summed E-state index contributed by atoms with van der Waals surface area (Å²) in [6, 6.07) is 6.78. The summed E-state index contributed by atoms with van der Waals surface area (Å²) in [5, 5.41) is 0.492. The summed E-state index contributed by atoms with van der Waals surface area (Å²) in [4.78, 5) is 2.52. The van der Waals surface area contributed by atoms with E-state index in [1.165, 1.54) is 12.0 Å².